The summed E-state index contributed by atoms with van der Waals surface area (Å²) in [4.78, 5) is 0. The summed E-state index contributed by atoms with van der Waals surface area (Å²) in [6, 6.07) is 0. The number of hydrogen-bond acceptors (Lipinski definition) is 6. The van der Waals surface area contributed by atoms with Crippen molar-refractivity contribution in [2.45, 2.75) is 30.8 Å². The summed E-state index contributed by atoms with van der Waals surface area (Å²) in [5, 5.41) is 14.2. The number of nitrogens with one attached hydrogen (secondary N) is 1. The van der Waals surface area contributed by atoms with Crippen LogP contribution in [0.1, 0.15) is 24.8 Å². The fourth-order valence-corrected chi connectivity index (χ4v) is 3.57. The Kier molecular flexibility index (Phi) is 4.87. The van der Waals surface area contributed by atoms with Crippen LogP contribution in [0.4, 0.5) is 5.13 Å². The van der Waals surface area contributed by atoms with Gasteiger partial charge >= 0.3 is 0 Å². The highest BCUT2D eigenvalue weighted by Crippen LogP contribution is 2.27. The lowest BCUT2D eigenvalue weighted by atomic mass is 10.2. The maximum atomic E-state index is 5.34. The third-order valence-corrected chi connectivity index (χ3v) is 4.85. The Hall–Kier alpha value is -0.330. The van der Waals surface area contributed by atoms with Crippen LogP contribution in [0.3, 0.4) is 0 Å². The summed E-state index contributed by atoms with van der Waals surface area (Å²) in [6.45, 7) is 4.80. The van der Waals surface area contributed by atoms with E-state index in [0.717, 1.165) is 40.9 Å². The van der Waals surface area contributed by atoms with Crippen molar-refractivity contribution in [1.82, 2.24) is 10.2 Å². The Morgan fingerprint density at radius 2 is 2.25 bits per heavy atom. The topological polar surface area (TPSA) is 47.0 Å². The molecular weight excluding hydrogens is 242 g/mol. The quantitative estimate of drug-likeness (QED) is 0.879. The molecule has 1 aromatic rings. The molecule has 0 radical (unpaired) electrons. The SMILES string of the molecule is CCNc1nnc(CSC2CCOCC2)s1. The second kappa shape index (κ2) is 6.42. The first-order valence-electron chi connectivity index (χ1n) is 5.64. The molecule has 6 heteroatoms. The summed E-state index contributed by atoms with van der Waals surface area (Å²) >= 11 is 3.64. The van der Waals surface area contributed by atoms with Crippen LogP contribution in [0.5, 0.6) is 0 Å². The average molecular weight is 259 g/mol. The van der Waals surface area contributed by atoms with Gasteiger partial charge in [-0.25, -0.2) is 0 Å². The normalized spacial score (nSPS) is 17.6. The van der Waals surface area contributed by atoms with Gasteiger partial charge in [0.2, 0.25) is 5.13 Å². The van der Waals surface area contributed by atoms with Crippen LogP contribution >= 0.6 is 23.1 Å². The van der Waals surface area contributed by atoms with E-state index < -0.39 is 0 Å². The van der Waals surface area contributed by atoms with Gasteiger partial charge in [-0.2, -0.15) is 11.8 Å². The summed E-state index contributed by atoms with van der Waals surface area (Å²) < 4.78 is 5.34. The van der Waals surface area contributed by atoms with Crippen LogP contribution < -0.4 is 5.32 Å². The molecule has 0 saturated carbocycles. The average Bonchev–Trinajstić information content (AvgIpc) is 2.76. The first-order chi connectivity index (χ1) is 7.88. The van der Waals surface area contributed by atoms with E-state index in [2.05, 4.69) is 22.4 Å². The minimum Gasteiger partial charge on any atom is -0.381 e. The second-order valence-corrected chi connectivity index (χ2v) is 6.00. The number of rotatable bonds is 5. The molecule has 0 aliphatic carbocycles. The molecule has 1 N–H and O–H groups in total. The van der Waals surface area contributed by atoms with Crippen molar-refractivity contribution in [3.63, 3.8) is 0 Å². The first kappa shape index (κ1) is 12.1. The third-order valence-electron chi connectivity index (χ3n) is 2.41. The van der Waals surface area contributed by atoms with Crippen molar-refractivity contribution in [1.29, 1.82) is 0 Å². The van der Waals surface area contributed by atoms with Crippen LogP contribution in [-0.4, -0.2) is 35.2 Å². The number of anilines is 1. The molecule has 16 heavy (non-hydrogen) atoms. The van der Waals surface area contributed by atoms with Gasteiger partial charge in [-0.15, -0.1) is 10.2 Å². The van der Waals surface area contributed by atoms with Crippen LogP contribution in [0.25, 0.3) is 0 Å². The van der Waals surface area contributed by atoms with Crippen LogP contribution in [0.15, 0.2) is 0 Å². The molecule has 1 aliphatic heterocycles. The third kappa shape index (κ3) is 3.61. The molecule has 1 aliphatic rings. The van der Waals surface area contributed by atoms with Crippen molar-refractivity contribution >= 4 is 28.2 Å². The lowest BCUT2D eigenvalue weighted by molar-refractivity contribution is 0.1000. The summed E-state index contributed by atoms with van der Waals surface area (Å²) in [6.07, 6.45) is 2.34. The highest BCUT2D eigenvalue weighted by atomic mass is 32.2. The van der Waals surface area contributed by atoms with Gasteiger partial charge < -0.3 is 10.1 Å². The first-order valence-corrected chi connectivity index (χ1v) is 7.50. The van der Waals surface area contributed by atoms with Gasteiger partial charge in [0, 0.05) is 30.8 Å². The summed E-state index contributed by atoms with van der Waals surface area (Å²) in [7, 11) is 0. The van der Waals surface area contributed by atoms with E-state index in [1.54, 1.807) is 11.3 Å². The monoisotopic (exact) mass is 259 g/mol. The van der Waals surface area contributed by atoms with Gasteiger partial charge in [-0.3, -0.25) is 0 Å². The molecule has 0 aromatic carbocycles. The van der Waals surface area contributed by atoms with E-state index in [0.29, 0.717) is 0 Å². The highest BCUT2D eigenvalue weighted by molar-refractivity contribution is 7.99. The number of nitrogens with zero attached hydrogens (tertiary/aromatic N) is 2. The molecule has 0 unspecified atom stereocenters. The van der Waals surface area contributed by atoms with Crippen molar-refractivity contribution < 1.29 is 4.74 Å². The lowest BCUT2D eigenvalue weighted by Gasteiger charge is -2.20. The minimum atomic E-state index is 0.736. The fraction of sp³-hybridized carbons (Fsp3) is 0.800. The van der Waals surface area contributed by atoms with E-state index in [1.165, 1.54) is 12.8 Å². The minimum absolute atomic E-state index is 0.736. The van der Waals surface area contributed by atoms with E-state index in [-0.39, 0.29) is 0 Å². The molecule has 0 amide bonds. The predicted molar refractivity (Wildman–Crippen MR) is 69.2 cm³/mol. The zero-order chi connectivity index (χ0) is 11.2. The zero-order valence-electron chi connectivity index (χ0n) is 9.44. The number of hydrogen-bond donors (Lipinski definition) is 1. The summed E-state index contributed by atoms with van der Waals surface area (Å²) in [5.41, 5.74) is 0. The Balaban J connectivity index is 1.75. The summed E-state index contributed by atoms with van der Waals surface area (Å²) in [5.74, 6) is 0.980. The Morgan fingerprint density at radius 1 is 1.44 bits per heavy atom. The maximum Gasteiger partial charge on any atom is 0.205 e. The molecule has 0 atom stereocenters. The van der Waals surface area contributed by atoms with E-state index in [1.807, 2.05) is 11.8 Å². The molecule has 4 nitrogen and oxygen atoms in total. The van der Waals surface area contributed by atoms with Crippen molar-refractivity contribution in [3.05, 3.63) is 5.01 Å². The lowest BCUT2D eigenvalue weighted by Crippen LogP contribution is -2.17. The second-order valence-electron chi connectivity index (χ2n) is 3.65. The predicted octanol–water partition coefficient (Wildman–Crippen LogP) is 2.38. The van der Waals surface area contributed by atoms with Gasteiger partial charge in [0.25, 0.3) is 0 Å². The number of aromatic nitrogens is 2. The van der Waals surface area contributed by atoms with Gasteiger partial charge in [0.1, 0.15) is 5.01 Å². The largest absolute Gasteiger partial charge is 0.381 e. The Bertz CT molecular complexity index is 313. The molecule has 2 rings (SSSR count). The van der Waals surface area contributed by atoms with E-state index in [4.69, 9.17) is 4.74 Å². The van der Waals surface area contributed by atoms with Crippen LogP contribution in [0.2, 0.25) is 0 Å². The van der Waals surface area contributed by atoms with Gasteiger partial charge in [0.05, 0.1) is 0 Å². The van der Waals surface area contributed by atoms with Crippen molar-refractivity contribution in [3.8, 4) is 0 Å². The van der Waals surface area contributed by atoms with E-state index in [9.17, 15) is 0 Å². The zero-order valence-corrected chi connectivity index (χ0v) is 11.1. The van der Waals surface area contributed by atoms with Crippen LogP contribution in [0, 0.1) is 0 Å². The van der Waals surface area contributed by atoms with E-state index >= 15 is 0 Å². The molecule has 1 fully saturated rings. The fourth-order valence-electron chi connectivity index (χ4n) is 1.57. The van der Waals surface area contributed by atoms with Crippen molar-refractivity contribution in [2.24, 2.45) is 0 Å². The van der Waals surface area contributed by atoms with Gasteiger partial charge in [0.15, 0.2) is 0 Å². The molecule has 0 bridgehead atoms. The molecule has 1 saturated heterocycles. The van der Waals surface area contributed by atoms with Gasteiger partial charge in [-0.1, -0.05) is 11.3 Å². The molecule has 90 valence electrons. The maximum absolute atomic E-state index is 5.34. The molecule has 0 spiro atoms. The highest BCUT2D eigenvalue weighted by Gasteiger charge is 2.15. The number of ether oxygens (including phenoxy) is 1. The molecule has 1 aromatic heterocycles. The standard InChI is InChI=1S/C10H17N3OS2/c1-2-11-10-13-12-9(16-10)7-15-8-3-5-14-6-4-8/h8H,2-7H2,1H3,(H,11,13). The Labute approximate surface area is 104 Å². The van der Waals surface area contributed by atoms with Crippen molar-refractivity contribution in [2.75, 3.05) is 25.1 Å². The molecular formula is C10H17N3OS2. The van der Waals surface area contributed by atoms with Crippen LogP contribution in [-0.2, 0) is 10.5 Å². The molecule has 2 heterocycles. The van der Waals surface area contributed by atoms with Gasteiger partial charge in [-0.05, 0) is 19.8 Å². The Morgan fingerprint density at radius 3 is 3.00 bits per heavy atom. The number of thioether (sulfide) groups is 1. The smallest absolute Gasteiger partial charge is 0.205 e.